The molecule has 0 amide bonds. The number of nitrogens with one attached hydrogen (secondary N) is 2. The molecule has 5 heteroatoms. The summed E-state index contributed by atoms with van der Waals surface area (Å²) in [7, 11) is 0. The van der Waals surface area contributed by atoms with Gasteiger partial charge in [0.1, 0.15) is 5.76 Å². The molecule has 1 aliphatic carbocycles. The zero-order chi connectivity index (χ0) is 18.2. The maximum atomic E-state index is 5.49. The Labute approximate surface area is 158 Å². The van der Waals surface area contributed by atoms with Gasteiger partial charge >= 0.3 is 0 Å². The normalized spacial score (nSPS) is 22.1. The molecule has 3 rings (SSSR count). The first-order valence-electron chi connectivity index (χ1n) is 10.3. The summed E-state index contributed by atoms with van der Waals surface area (Å²) in [5.41, 5.74) is 0.266. The largest absolute Gasteiger partial charge is 0.469 e. The third-order valence-corrected chi connectivity index (χ3v) is 5.93. The van der Waals surface area contributed by atoms with Crippen LogP contribution in [-0.2, 0) is 11.2 Å². The van der Waals surface area contributed by atoms with Crippen molar-refractivity contribution < 1.29 is 9.15 Å². The van der Waals surface area contributed by atoms with E-state index in [4.69, 9.17) is 14.1 Å². The molecular weight excluding hydrogens is 326 g/mol. The molecule has 1 atom stereocenters. The third kappa shape index (κ3) is 5.76. The van der Waals surface area contributed by atoms with Crippen molar-refractivity contribution in [2.45, 2.75) is 52.4 Å². The Kier molecular flexibility index (Phi) is 7.00. The maximum absolute atomic E-state index is 5.49. The number of guanidine groups is 1. The number of nitrogens with zero attached hydrogens (tertiary/aromatic N) is 1. The Morgan fingerprint density at radius 3 is 2.77 bits per heavy atom. The van der Waals surface area contributed by atoms with Crippen LogP contribution in [0, 0.1) is 17.3 Å². The highest BCUT2D eigenvalue weighted by Gasteiger charge is 2.31. The Bertz CT molecular complexity index is 542. The van der Waals surface area contributed by atoms with E-state index in [1.165, 1.54) is 25.7 Å². The monoisotopic (exact) mass is 361 g/mol. The minimum absolute atomic E-state index is 0.266. The van der Waals surface area contributed by atoms with E-state index in [9.17, 15) is 0 Å². The molecule has 1 aromatic heterocycles. The van der Waals surface area contributed by atoms with Crippen molar-refractivity contribution in [3.63, 3.8) is 0 Å². The second-order valence-electron chi connectivity index (χ2n) is 8.50. The third-order valence-electron chi connectivity index (χ3n) is 5.93. The van der Waals surface area contributed by atoms with Crippen LogP contribution in [0.5, 0.6) is 0 Å². The van der Waals surface area contributed by atoms with Gasteiger partial charge in [-0.05, 0) is 42.7 Å². The van der Waals surface area contributed by atoms with Crippen molar-refractivity contribution in [1.82, 2.24) is 10.6 Å². The molecule has 146 valence electrons. The van der Waals surface area contributed by atoms with E-state index in [2.05, 4.69) is 24.5 Å². The zero-order valence-corrected chi connectivity index (χ0v) is 16.4. The molecule has 1 unspecified atom stereocenters. The van der Waals surface area contributed by atoms with Gasteiger partial charge in [-0.1, -0.05) is 26.7 Å². The van der Waals surface area contributed by atoms with E-state index < -0.39 is 0 Å². The molecule has 2 heterocycles. The van der Waals surface area contributed by atoms with Gasteiger partial charge in [-0.25, -0.2) is 0 Å². The first kappa shape index (κ1) is 19.3. The summed E-state index contributed by atoms with van der Waals surface area (Å²) in [4.78, 5) is 4.94. The topological polar surface area (TPSA) is 58.8 Å². The lowest BCUT2D eigenvalue weighted by Gasteiger charge is -2.30. The molecule has 2 N–H and O–H groups in total. The minimum Gasteiger partial charge on any atom is -0.469 e. The Balaban J connectivity index is 1.52. The van der Waals surface area contributed by atoms with Gasteiger partial charge in [-0.15, -0.1) is 0 Å². The average Bonchev–Trinajstić information content (AvgIpc) is 3.40. The predicted molar refractivity (Wildman–Crippen MR) is 105 cm³/mol. The lowest BCUT2D eigenvalue weighted by molar-refractivity contribution is 0.186. The molecule has 0 radical (unpaired) electrons. The fourth-order valence-corrected chi connectivity index (χ4v) is 4.04. The van der Waals surface area contributed by atoms with Crippen LogP contribution in [0.15, 0.2) is 27.8 Å². The van der Waals surface area contributed by atoms with E-state index in [-0.39, 0.29) is 5.41 Å². The standard InChI is InChI=1S/C21H35N3O2/c1-21(2,18-6-3-4-7-18)16-24-20(23-14-17-10-13-25-15-17)22-11-9-19-8-5-12-26-19/h5,8,12,17-18H,3-4,6-7,9-11,13-16H2,1-2H3,(H2,22,23,24). The van der Waals surface area contributed by atoms with E-state index in [0.29, 0.717) is 5.92 Å². The SMILES string of the molecule is CC(C)(CN=C(NCCc1ccco1)NCC1CCOC1)C1CCCC1. The minimum atomic E-state index is 0.266. The van der Waals surface area contributed by atoms with Crippen LogP contribution >= 0.6 is 0 Å². The van der Waals surface area contributed by atoms with Gasteiger partial charge in [0.15, 0.2) is 5.96 Å². The maximum Gasteiger partial charge on any atom is 0.191 e. The Hall–Kier alpha value is -1.49. The number of rotatable bonds is 8. The molecule has 2 aliphatic rings. The molecule has 2 fully saturated rings. The van der Waals surface area contributed by atoms with Crippen LogP contribution in [-0.4, -0.2) is 38.8 Å². The van der Waals surface area contributed by atoms with Gasteiger partial charge in [0, 0.05) is 38.6 Å². The lowest BCUT2D eigenvalue weighted by Crippen LogP contribution is -2.41. The quantitative estimate of drug-likeness (QED) is 0.548. The average molecular weight is 362 g/mol. The van der Waals surface area contributed by atoms with E-state index in [0.717, 1.165) is 63.3 Å². The molecule has 0 spiro atoms. The highest BCUT2D eigenvalue weighted by atomic mass is 16.5. The first-order valence-corrected chi connectivity index (χ1v) is 10.3. The molecular formula is C21H35N3O2. The van der Waals surface area contributed by atoms with Gasteiger partial charge in [-0.3, -0.25) is 4.99 Å². The van der Waals surface area contributed by atoms with Crippen molar-refractivity contribution in [2.75, 3.05) is 32.8 Å². The first-order chi connectivity index (χ1) is 12.6. The number of hydrogen-bond donors (Lipinski definition) is 2. The summed E-state index contributed by atoms with van der Waals surface area (Å²) in [6.07, 6.45) is 9.21. The summed E-state index contributed by atoms with van der Waals surface area (Å²) in [5, 5.41) is 7.02. The predicted octanol–water partition coefficient (Wildman–Crippen LogP) is 3.61. The number of ether oxygens (including phenoxy) is 1. The van der Waals surface area contributed by atoms with Crippen molar-refractivity contribution in [3.05, 3.63) is 24.2 Å². The molecule has 0 bridgehead atoms. The fourth-order valence-electron chi connectivity index (χ4n) is 4.04. The van der Waals surface area contributed by atoms with Crippen LogP contribution in [0.1, 0.15) is 51.7 Å². The summed E-state index contributed by atoms with van der Waals surface area (Å²) in [6.45, 7) is 9.12. The van der Waals surface area contributed by atoms with Gasteiger partial charge in [0.05, 0.1) is 12.9 Å². The second-order valence-corrected chi connectivity index (χ2v) is 8.50. The molecule has 1 saturated heterocycles. The Morgan fingerprint density at radius 2 is 2.08 bits per heavy atom. The molecule has 1 saturated carbocycles. The van der Waals surface area contributed by atoms with E-state index >= 15 is 0 Å². The highest BCUT2D eigenvalue weighted by molar-refractivity contribution is 5.79. The summed E-state index contributed by atoms with van der Waals surface area (Å²) >= 11 is 0. The van der Waals surface area contributed by atoms with Crippen LogP contribution in [0.2, 0.25) is 0 Å². The zero-order valence-electron chi connectivity index (χ0n) is 16.4. The van der Waals surface area contributed by atoms with Crippen molar-refractivity contribution >= 4 is 5.96 Å². The second kappa shape index (κ2) is 9.45. The van der Waals surface area contributed by atoms with Crippen molar-refractivity contribution in [2.24, 2.45) is 22.2 Å². The van der Waals surface area contributed by atoms with Gasteiger partial charge in [-0.2, -0.15) is 0 Å². The van der Waals surface area contributed by atoms with Crippen molar-refractivity contribution in [3.8, 4) is 0 Å². The van der Waals surface area contributed by atoms with Crippen molar-refractivity contribution in [1.29, 1.82) is 0 Å². The molecule has 5 nitrogen and oxygen atoms in total. The van der Waals surface area contributed by atoms with Gasteiger partial charge in [0.2, 0.25) is 0 Å². The van der Waals surface area contributed by atoms with E-state index in [1.807, 2.05) is 12.1 Å². The molecule has 26 heavy (non-hydrogen) atoms. The molecule has 0 aromatic carbocycles. The summed E-state index contributed by atoms with van der Waals surface area (Å²) in [5.74, 6) is 3.33. The number of furan rings is 1. The lowest BCUT2D eigenvalue weighted by atomic mass is 9.78. The number of aliphatic imine (C=N–C) groups is 1. The highest BCUT2D eigenvalue weighted by Crippen LogP contribution is 2.39. The van der Waals surface area contributed by atoms with Crippen LogP contribution in [0.25, 0.3) is 0 Å². The van der Waals surface area contributed by atoms with Gasteiger partial charge < -0.3 is 19.8 Å². The van der Waals surface area contributed by atoms with Gasteiger partial charge in [0.25, 0.3) is 0 Å². The fraction of sp³-hybridized carbons (Fsp3) is 0.762. The van der Waals surface area contributed by atoms with Crippen LogP contribution < -0.4 is 10.6 Å². The van der Waals surface area contributed by atoms with Crippen LogP contribution in [0.4, 0.5) is 0 Å². The molecule has 1 aliphatic heterocycles. The van der Waals surface area contributed by atoms with Crippen LogP contribution in [0.3, 0.4) is 0 Å². The number of hydrogen-bond acceptors (Lipinski definition) is 3. The summed E-state index contributed by atoms with van der Waals surface area (Å²) < 4.78 is 10.9. The molecule has 1 aromatic rings. The Morgan fingerprint density at radius 1 is 1.23 bits per heavy atom. The summed E-state index contributed by atoms with van der Waals surface area (Å²) in [6, 6.07) is 3.96. The van der Waals surface area contributed by atoms with E-state index in [1.54, 1.807) is 6.26 Å². The smallest absolute Gasteiger partial charge is 0.191 e.